The molecule has 0 saturated carbocycles. The van der Waals surface area contributed by atoms with Gasteiger partial charge < -0.3 is 4.90 Å². The number of hydrogen-bond acceptors (Lipinski definition) is 5. The van der Waals surface area contributed by atoms with Crippen molar-refractivity contribution in [1.29, 1.82) is 0 Å². The number of rotatable bonds is 3. The van der Waals surface area contributed by atoms with Gasteiger partial charge in [0.05, 0.1) is 0 Å². The van der Waals surface area contributed by atoms with Crippen LogP contribution in [-0.2, 0) is 0 Å². The normalized spacial score (nSPS) is 11.1. The van der Waals surface area contributed by atoms with E-state index in [1.165, 1.54) is 23.5 Å². The molecule has 0 unspecified atom stereocenters. The fourth-order valence-electron chi connectivity index (χ4n) is 2.44. The molecule has 0 aliphatic heterocycles. The third-order valence-electron chi connectivity index (χ3n) is 3.70. The second-order valence-electron chi connectivity index (χ2n) is 5.58. The number of anilines is 1. The van der Waals surface area contributed by atoms with Crippen LogP contribution in [-0.4, -0.2) is 33.9 Å². The molecule has 0 amide bonds. The minimum Gasteiger partial charge on any atom is -0.378 e. The van der Waals surface area contributed by atoms with Gasteiger partial charge in [0, 0.05) is 30.9 Å². The van der Waals surface area contributed by atoms with Crippen molar-refractivity contribution < 1.29 is 4.39 Å². The summed E-state index contributed by atoms with van der Waals surface area (Å²) >= 11 is 1.39. The lowest BCUT2D eigenvalue weighted by Crippen LogP contribution is -2.08. The first-order valence-electron chi connectivity index (χ1n) is 7.38. The van der Waals surface area contributed by atoms with Crippen molar-refractivity contribution in [3.63, 3.8) is 0 Å². The molecule has 2 heterocycles. The maximum absolute atomic E-state index is 13.4. The van der Waals surface area contributed by atoms with Crippen LogP contribution in [0.3, 0.4) is 0 Å². The summed E-state index contributed by atoms with van der Waals surface area (Å²) in [6.07, 6.45) is 0. The molecule has 0 saturated heterocycles. The van der Waals surface area contributed by atoms with Crippen LogP contribution in [0.5, 0.6) is 0 Å². The SMILES string of the molecule is CN(C)c1ccc(-c2nnc3sc(-c4cccc(F)c4)nn23)cc1. The number of nitrogens with zero attached hydrogens (tertiary/aromatic N) is 5. The van der Waals surface area contributed by atoms with E-state index >= 15 is 0 Å². The van der Waals surface area contributed by atoms with Gasteiger partial charge in [-0.2, -0.15) is 9.61 Å². The number of benzene rings is 2. The number of halogens is 1. The van der Waals surface area contributed by atoms with Crippen molar-refractivity contribution in [2.24, 2.45) is 0 Å². The highest BCUT2D eigenvalue weighted by atomic mass is 32.1. The van der Waals surface area contributed by atoms with E-state index in [1.807, 2.05) is 49.3 Å². The average Bonchev–Trinajstić information content (AvgIpc) is 3.15. The largest absolute Gasteiger partial charge is 0.378 e. The molecule has 120 valence electrons. The van der Waals surface area contributed by atoms with Gasteiger partial charge in [0.25, 0.3) is 0 Å². The maximum atomic E-state index is 13.4. The Morgan fingerprint density at radius 1 is 1.00 bits per heavy atom. The molecule has 4 rings (SSSR count). The molecule has 24 heavy (non-hydrogen) atoms. The lowest BCUT2D eigenvalue weighted by Gasteiger charge is -2.11. The van der Waals surface area contributed by atoms with E-state index < -0.39 is 0 Å². The first-order chi connectivity index (χ1) is 11.6. The summed E-state index contributed by atoms with van der Waals surface area (Å²) in [4.78, 5) is 2.72. The minimum atomic E-state index is -0.280. The number of hydrogen-bond donors (Lipinski definition) is 0. The first kappa shape index (κ1) is 14.8. The molecule has 0 aliphatic carbocycles. The molecular weight excluding hydrogens is 325 g/mol. The highest BCUT2D eigenvalue weighted by Gasteiger charge is 2.14. The summed E-state index contributed by atoms with van der Waals surface area (Å²) in [5, 5.41) is 13.7. The van der Waals surface area contributed by atoms with Crippen LogP contribution in [0.1, 0.15) is 0 Å². The van der Waals surface area contributed by atoms with E-state index in [1.54, 1.807) is 10.6 Å². The zero-order valence-corrected chi connectivity index (χ0v) is 14.0. The summed E-state index contributed by atoms with van der Waals surface area (Å²) in [6, 6.07) is 14.4. The fraction of sp³-hybridized carbons (Fsp3) is 0.118. The van der Waals surface area contributed by atoms with Crippen LogP contribution in [0.2, 0.25) is 0 Å². The van der Waals surface area contributed by atoms with Gasteiger partial charge >= 0.3 is 0 Å². The lowest BCUT2D eigenvalue weighted by molar-refractivity contribution is 0.628. The van der Waals surface area contributed by atoms with E-state index in [0.717, 1.165) is 16.8 Å². The van der Waals surface area contributed by atoms with Crippen LogP contribution in [0.25, 0.3) is 26.9 Å². The molecule has 0 radical (unpaired) electrons. The molecule has 4 aromatic rings. The van der Waals surface area contributed by atoms with Gasteiger partial charge in [0.1, 0.15) is 10.8 Å². The van der Waals surface area contributed by atoms with Gasteiger partial charge in [-0.05, 0) is 36.4 Å². The molecule has 0 bridgehead atoms. The smallest absolute Gasteiger partial charge is 0.235 e. The van der Waals surface area contributed by atoms with Gasteiger partial charge in [0.2, 0.25) is 4.96 Å². The zero-order valence-electron chi connectivity index (χ0n) is 13.1. The van der Waals surface area contributed by atoms with Crippen molar-refractivity contribution >= 4 is 22.0 Å². The van der Waals surface area contributed by atoms with Gasteiger partial charge in [-0.3, -0.25) is 0 Å². The molecule has 0 N–H and O–H groups in total. The number of aromatic nitrogens is 4. The fourth-order valence-corrected chi connectivity index (χ4v) is 3.28. The van der Waals surface area contributed by atoms with Crippen molar-refractivity contribution in [2.75, 3.05) is 19.0 Å². The predicted molar refractivity (Wildman–Crippen MR) is 93.8 cm³/mol. The third kappa shape index (κ3) is 2.52. The summed E-state index contributed by atoms with van der Waals surface area (Å²) in [7, 11) is 3.99. The van der Waals surface area contributed by atoms with E-state index in [0.29, 0.717) is 15.8 Å². The molecule has 0 spiro atoms. The van der Waals surface area contributed by atoms with E-state index in [9.17, 15) is 4.39 Å². The second-order valence-corrected chi connectivity index (χ2v) is 6.53. The van der Waals surface area contributed by atoms with Crippen LogP contribution < -0.4 is 4.90 Å². The summed E-state index contributed by atoms with van der Waals surface area (Å²) < 4.78 is 15.1. The second kappa shape index (κ2) is 5.68. The molecule has 0 aliphatic rings. The highest BCUT2D eigenvalue weighted by Crippen LogP contribution is 2.28. The van der Waals surface area contributed by atoms with Gasteiger partial charge in [0.15, 0.2) is 5.82 Å². The average molecular weight is 339 g/mol. The van der Waals surface area contributed by atoms with Crippen molar-refractivity contribution in [3.05, 3.63) is 54.3 Å². The highest BCUT2D eigenvalue weighted by molar-refractivity contribution is 7.19. The Bertz CT molecular complexity index is 1000. The Morgan fingerprint density at radius 2 is 1.79 bits per heavy atom. The first-order valence-corrected chi connectivity index (χ1v) is 8.19. The Hall–Kier alpha value is -2.80. The van der Waals surface area contributed by atoms with Gasteiger partial charge in [-0.15, -0.1) is 10.2 Å². The Labute approximate surface area is 142 Å². The summed E-state index contributed by atoms with van der Waals surface area (Å²) in [5.74, 6) is 0.396. The van der Waals surface area contributed by atoms with E-state index in [4.69, 9.17) is 0 Å². The Balaban J connectivity index is 1.77. The molecular formula is C17H14FN5S. The predicted octanol–water partition coefficient (Wildman–Crippen LogP) is 3.72. The van der Waals surface area contributed by atoms with Crippen LogP contribution in [0, 0.1) is 5.82 Å². The van der Waals surface area contributed by atoms with Crippen LogP contribution in [0.15, 0.2) is 48.5 Å². The lowest BCUT2D eigenvalue weighted by atomic mass is 10.2. The third-order valence-corrected chi connectivity index (χ3v) is 4.65. The summed E-state index contributed by atoms with van der Waals surface area (Å²) in [5.41, 5.74) is 2.78. The minimum absolute atomic E-state index is 0.280. The monoisotopic (exact) mass is 339 g/mol. The molecule has 7 heteroatoms. The van der Waals surface area contributed by atoms with Crippen molar-refractivity contribution in [3.8, 4) is 22.0 Å². The molecule has 0 fully saturated rings. The maximum Gasteiger partial charge on any atom is 0.235 e. The Kier molecular flexibility index (Phi) is 3.50. The summed E-state index contributed by atoms with van der Waals surface area (Å²) in [6.45, 7) is 0. The zero-order chi connectivity index (χ0) is 16.7. The Morgan fingerprint density at radius 3 is 2.50 bits per heavy atom. The van der Waals surface area contributed by atoms with Crippen LogP contribution >= 0.6 is 11.3 Å². The van der Waals surface area contributed by atoms with E-state index in [2.05, 4.69) is 15.3 Å². The van der Waals surface area contributed by atoms with Crippen molar-refractivity contribution in [2.45, 2.75) is 0 Å². The van der Waals surface area contributed by atoms with Gasteiger partial charge in [-0.1, -0.05) is 23.5 Å². The van der Waals surface area contributed by atoms with Gasteiger partial charge in [-0.25, -0.2) is 4.39 Å². The quantitative estimate of drug-likeness (QED) is 0.571. The molecule has 5 nitrogen and oxygen atoms in total. The van der Waals surface area contributed by atoms with E-state index in [-0.39, 0.29) is 5.82 Å². The van der Waals surface area contributed by atoms with Crippen molar-refractivity contribution in [1.82, 2.24) is 19.8 Å². The molecule has 2 aromatic heterocycles. The standard InChI is InChI=1S/C17H14FN5S/c1-22(2)14-8-6-11(7-9-14)15-19-20-17-23(15)21-16(24-17)12-4-3-5-13(18)10-12/h3-10H,1-2H3. The van der Waals surface area contributed by atoms with Crippen LogP contribution in [0.4, 0.5) is 10.1 Å². The number of fused-ring (bicyclic) bond motifs is 1. The molecule has 0 atom stereocenters. The molecule has 2 aromatic carbocycles. The topological polar surface area (TPSA) is 46.3 Å².